The van der Waals surface area contributed by atoms with Gasteiger partial charge in [0, 0.05) is 5.97 Å². The highest BCUT2D eigenvalue weighted by Gasteiger charge is 2.24. The van der Waals surface area contributed by atoms with Crippen molar-refractivity contribution in [2.24, 2.45) is 0 Å². The average Bonchev–Trinajstić information content (AvgIpc) is 1.82. The van der Waals surface area contributed by atoms with Crippen LogP contribution in [-0.4, -0.2) is 54.1 Å². The number of nitrogens with zero attached hydrogens (tertiary/aromatic N) is 1. The number of likely N-dealkylation sites (N-methyl/N-ethyl adjacent to an activating group) is 1. The van der Waals surface area contributed by atoms with Crippen LogP contribution >= 0.6 is 0 Å². The maximum Gasteiger partial charge on any atom is 0.216 e. The number of carbonyl (C=O) groups excluding carboxylic acids is 1. The molecule has 0 heterocycles. The topological polar surface area (TPSA) is 80.6 Å². The van der Waals surface area contributed by atoms with E-state index in [1.807, 2.05) is 21.1 Å². The van der Waals surface area contributed by atoms with Gasteiger partial charge in [0.1, 0.15) is 6.10 Å². The summed E-state index contributed by atoms with van der Waals surface area (Å²) in [5.74, 6) is -1.08. The van der Waals surface area contributed by atoms with E-state index in [2.05, 4.69) is 0 Å². The van der Waals surface area contributed by atoms with Crippen LogP contribution in [0.15, 0.2) is 0 Å². The predicted octanol–water partition coefficient (Wildman–Crippen LogP) is -1.85. The first kappa shape index (κ1) is 14.9. The van der Waals surface area contributed by atoms with Crippen LogP contribution in [0, 0.1) is 0 Å². The molecule has 0 bridgehead atoms. The Labute approximate surface area is 78.8 Å². The van der Waals surface area contributed by atoms with Crippen molar-refractivity contribution < 1.29 is 24.6 Å². The molecule has 0 aliphatic heterocycles. The fourth-order valence-corrected chi connectivity index (χ4v) is 0.647. The molecule has 5 heteroatoms. The first-order valence-electron chi connectivity index (χ1n) is 3.94. The van der Waals surface area contributed by atoms with Gasteiger partial charge in [0.2, 0.25) is 6.23 Å². The highest BCUT2D eigenvalue weighted by atomic mass is 16.4. The van der Waals surface area contributed by atoms with E-state index in [0.29, 0.717) is 4.48 Å². The molecule has 0 amide bonds. The summed E-state index contributed by atoms with van der Waals surface area (Å²) in [5, 5.41) is 27.0. The standard InChI is InChI=1S/C6H16NO2.C2H4O2/c1-5(8)6(9)7(2,3)4;1-2(3)4/h5-6,8-9H,1-4H3;1H3,(H,3,4)/q+1;/p-1. The van der Waals surface area contributed by atoms with Crippen LogP contribution in [0.1, 0.15) is 13.8 Å². The summed E-state index contributed by atoms with van der Waals surface area (Å²) in [7, 11) is 5.49. The Morgan fingerprint density at radius 1 is 1.31 bits per heavy atom. The number of hydrogen-bond acceptors (Lipinski definition) is 4. The Kier molecular flexibility index (Phi) is 6.75. The molecule has 2 unspecified atom stereocenters. The number of aliphatic carboxylic acids is 1. The molecule has 0 saturated carbocycles. The molecule has 0 aromatic heterocycles. The molecule has 80 valence electrons. The Balaban J connectivity index is 0. The molecule has 2 N–H and O–H groups in total. The summed E-state index contributed by atoms with van der Waals surface area (Å²) in [5.41, 5.74) is 0. The molecule has 0 fully saturated rings. The summed E-state index contributed by atoms with van der Waals surface area (Å²) < 4.78 is 0.373. The zero-order valence-corrected chi connectivity index (χ0v) is 8.81. The van der Waals surface area contributed by atoms with E-state index in [9.17, 15) is 5.11 Å². The molecule has 0 spiro atoms. The van der Waals surface area contributed by atoms with Gasteiger partial charge in [0.15, 0.2) is 0 Å². The molecule has 5 nitrogen and oxygen atoms in total. The molecule has 0 saturated heterocycles. The number of carbonyl (C=O) groups is 1. The van der Waals surface area contributed by atoms with E-state index >= 15 is 0 Å². The van der Waals surface area contributed by atoms with Gasteiger partial charge in [-0.05, 0) is 13.8 Å². The minimum absolute atomic E-state index is 0.373. The van der Waals surface area contributed by atoms with Crippen molar-refractivity contribution in [3.63, 3.8) is 0 Å². The second kappa shape index (κ2) is 5.90. The fraction of sp³-hybridized carbons (Fsp3) is 0.875. The van der Waals surface area contributed by atoms with E-state index in [1.165, 1.54) is 0 Å². The lowest BCUT2D eigenvalue weighted by Gasteiger charge is -2.31. The quantitative estimate of drug-likeness (QED) is 0.398. The van der Waals surface area contributed by atoms with Crippen molar-refractivity contribution in [3.05, 3.63) is 0 Å². The third-order valence-electron chi connectivity index (χ3n) is 1.23. The molecule has 13 heavy (non-hydrogen) atoms. The molecule has 2 atom stereocenters. The highest BCUT2D eigenvalue weighted by molar-refractivity contribution is 5.60. The largest absolute Gasteiger partial charge is 0.550 e. The maximum absolute atomic E-state index is 9.19. The third-order valence-corrected chi connectivity index (χ3v) is 1.23. The van der Waals surface area contributed by atoms with Gasteiger partial charge in [-0.1, -0.05) is 0 Å². The first-order chi connectivity index (χ1) is 5.59. The Hall–Kier alpha value is -0.650. The number of aliphatic hydroxyl groups excluding tert-OH is 2. The Bertz CT molecular complexity index is 147. The lowest BCUT2D eigenvalue weighted by atomic mass is 10.3. The summed E-state index contributed by atoms with van der Waals surface area (Å²) in [6.45, 7) is 2.55. The summed E-state index contributed by atoms with van der Waals surface area (Å²) in [4.78, 5) is 8.89. The fourth-order valence-electron chi connectivity index (χ4n) is 0.647. The summed E-state index contributed by atoms with van der Waals surface area (Å²) >= 11 is 0. The molecule has 0 aromatic rings. The monoisotopic (exact) mass is 193 g/mol. The highest BCUT2D eigenvalue weighted by Crippen LogP contribution is 2.02. The van der Waals surface area contributed by atoms with Gasteiger partial charge < -0.3 is 24.6 Å². The van der Waals surface area contributed by atoms with Gasteiger partial charge in [0.25, 0.3) is 0 Å². The second-order valence-electron chi connectivity index (χ2n) is 3.76. The van der Waals surface area contributed by atoms with Crippen LogP contribution in [0.5, 0.6) is 0 Å². The van der Waals surface area contributed by atoms with Crippen molar-refractivity contribution in [1.29, 1.82) is 0 Å². The summed E-state index contributed by atoms with van der Waals surface area (Å²) in [6.07, 6.45) is -1.35. The third kappa shape index (κ3) is 11.3. The smallest absolute Gasteiger partial charge is 0.216 e. The van der Waals surface area contributed by atoms with E-state index in [1.54, 1.807) is 6.92 Å². The van der Waals surface area contributed by atoms with Gasteiger partial charge in [-0.25, -0.2) is 0 Å². The van der Waals surface area contributed by atoms with Crippen molar-refractivity contribution in [2.45, 2.75) is 26.2 Å². The van der Waals surface area contributed by atoms with Crippen LogP contribution in [0.25, 0.3) is 0 Å². The van der Waals surface area contributed by atoms with Crippen LogP contribution in [-0.2, 0) is 4.79 Å². The van der Waals surface area contributed by atoms with Crippen molar-refractivity contribution in [2.75, 3.05) is 21.1 Å². The van der Waals surface area contributed by atoms with E-state index in [4.69, 9.17) is 15.0 Å². The van der Waals surface area contributed by atoms with Gasteiger partial charge in [-0.2, -0.15) is 0 Å². The molecule has 0 radical (unpaired) electrons. The predicted molar refractivity (Wildman–Crippen MR) is 46.4 cm³/mol. The molecular formula is C8H19NO4. The molecule has 0 aromatic carbocycles. The number of aliphatic hydroxyl groups is 2. The zero-order chi connectivity index (χ0) is 11.2. The van der Waals surface area contributed by atoms with Crippen molar-refractivity contribution in [3.8, 4) is 0 Å². The molecular weight excluding hydrogens is 174 g/mol. The first-order valence-corrected chi connectivity index (χ1v) is 3.94. The lowest BCUT2D eigenvalue weighted by molar-refractivity contribution is -0.922. The number of carboxylic acid groups (broad SMARTS) is 1. The van der Waals surface area contributed by atoms with Gasteiger partial charge in [0.05, 0.1) is 21.1 Å². The molecule has 0 aliphatic rings. The van der Waals surface area contributed by atoms with Crippen LogP contribution < -0.4 is 5.11 Å². The van der Waals surface area contributed by atoms with Crippen LogP contribution in [0.4, 0.5) is 0 Å². The second-order valence-corrected chi connectivity index (χ2v) is 3.76. The minimum atomic E-state index is -1.08. The van der Waals surface area contributed by atoms with E-state index < -0.39 is 18.3 Å². The lowest BCUT2D eigenvalue weighted by Crippen LogP contribution is -2.50. The SMILES string of the molecule is CC(=O)[O-].CC(O)C(O)[N+](C)(C)C. The van der Waals surface area contributed by atoms with Gasteiger partial charge >= 0.3 is 0 Å². The van der Waals surface area contributed by atoms with Crippen LogP contribution in [0.2, 0.25) is 0 Å². The van der Waals surface area contributed by atoms with Gasteiger partial charge in [-0.3, -0.25) is 0 Å². The Morgan fingerprint density at radius 3 is 1.54 bits per heavy atom. The zero-order valence-electron chi connectivity index (χ0n) is 8.81. The van der Waals surface area contributed by atoms with E-state index in [-0.39, 0.29) is 0 Å². The van der Waals surface area contributed by atoms with Crippen LogP contribution in [0.3, 0.4) is 0 Å². The Morgan fingerprint density at radius 2 is 1.54 bits per heavy atom. The number of carboxylic acids is 1. The van der Waals surface area contributed by atoms with E-state index in [0.717, 1.165) is 6.92 Å². The maximum atomic E-state index is 9.19. The minimum Gasteiger partial charge on any atom is -0.550 e. The van der Waals surface area contributed by atoms with Crippen molar-refractivity contribution in [1.82, 2.24) is 0 Å². The number of hydrogen-bond donors (Lipinski definition) is 2. The summed E-state index contributed by atoms with van der Waals surface area (Å²) in [6, 6.07) is 0. The normalized spacial score (nSPS) is 15.3. The number of quaternary nitrogens is 1. The van der Waals surface area contributed by atoms with Gasteiger partial charge in [-0.15, -0.1) is 0 Å². The molecule has 0 aliphatic carbocycles. The number of rotatable bonds is 2. The average molecular weight is 193 g/mol. The van der Waals surface area contributed by atoms with Crippen molar-refractivity contribution >= 4 is 5.97 Å². The molecule has 0 rings (SSSR count).